The summed E-state index contributed by atoms with van der Waals surface area (Å²) in [6.07, 6.45) is 11.8. The number of fused-ring (bicyclic) bond motifs is 3. The lowest BCUT2D eigenvalue weighted by molar-refractivity contribution is -0.121. The van der Waals surface area contributed by atoms with Crippen LogP contribution in [-0.4, -0.2) is 5.91 Å². The molecule has 1 N–H and O–H groups in total. The molecule has 2 saturated carbocycles. The summed E-state index contributed by atoms with van der Waals surface area (Å²) in [6.45, 7) is 0. The van der Waals surface area contributed by atoms with E-state index in [1.54, 1.807) is 11.3 Å². The van der Waals surface area contributed by atoms with Gasteiger partial charge < -0.3 is 5.32 Å². The van der Waals surface area contributed by atoms with Crippen LogP contribution in [0, 0.1) is 29.1 Å². The molecule has 3 aliphatic carbocycles. The molecule has 0 aliphatic heterocycles. The van der Waals surface area contributed by atoms with E-state index in [0.717, 1.165) is 42.2 Å². The van der Waals surface area contributed by atoms with Gasteiger partial charge in [-0.3, -0.25) is 4.79 Å². The highest BCUT2D eigenvalue weighted by atomic mass is 32.1. The molecule has 4 rings (SSSR count). The largest absolute Gasteiger partial charge is 0.316 e. The van der Waals surface area contributed by atoms with E-state index in [1.807, 2.05) is 0 Å². The molecular weight excluding hydrogens is 304 g/mol. The smallest absolute Gasteiger partial charge is 0.228 e. The van der Waals surface area contributed by atoms with Gasteiger partial charge in [0.05, 0.1) is 5.56 Å². The maximum Gasteiger partial charge on any atom is 0.228 e. The zero-order chi connectivity index (χ0) is 15.8. The van der Waals surface area contributed by atoms with E-state index in [-0.39, 0.29) is 11.8 Å². The summed E-state index contributed by atoms with van der Waals surface area (Å²) in [5, 5.41) is 13.6. The fraction of sp³-hybridized carbons (Fsp3) is 0.684. The second-order valence-electron chi connectivity index (χ2n) is 7.50. The predicted molar refractivity (Wildman–Crippen MR) is 92.5 cm³/mol. The number of carbonyl (C=O) groups is 1. The molecule has 2 bridgehead atoms. The highest BCUT2D eigenvalue weighted by molar-refractivity contribution is 7.16. The van der Waals surface area contributed by atoms with Crippen LogP contribution in [0.5, 0.6) is 0 Å². The Morgan fingerprint density at radius 2 is 1.96 bits per heavy atom. The van der Waals surface area contributed by atoms with Crippen molar-refractivity contribution in [1.82, 2.24) is 0 Å². The van der Waals surface area contributed by atoms with E-state index >= 15 is 0 Å². The van der Waals surface area contributed by atoms with Crippen LogP contribution >= 0.6 is 11.3 Å². The van der Waals surface area contributed by atoms with Gasteiger partial charge in [0.1, 0.15) is 11.1 Å². The van der Waals surface area contributed by atoms with E-state index < -0.39 is 0 Å². The lowest BCUT2D eigenvalue weighted by Gasteiger charge is -2.20. The molecular formula is C19H24N2OS. The summed E-state index contributed by atoms with van der Waals surface area (Å²) in [6, 6.07) is 2.38. The average molecular weight is 328 g/mol. The topological polar surface area (TPSA) is 52.9 Å². The van der Waals surface area contributed by atoms with Gasteiger partial charge in [0, 0.05) is 10.8 Å². The summed E-state index contributed by atoms with van der Waals surface area (Å²) < 4.78 is 0. The first kappa shape index (κ1) is 15.2. The Hall–Kier alpha value is -1.34. The molecule has 1 aromatic rings. The molecule has 0 radical (unpaired) electrons. The van der Waals surface area contributed by atoms with Gasteiger partial charge in [0.2, 0.25) is 5.91 Å². The standard InChI is InChI=1S/C19H24N2OS/c20-11-16-14-5-3-1-2-4-6-17(14)23-19(16)21-18(22)15-10-12-7-8-13(15)9-12/h12-13,15H,1-10H2,(H,21,22)/t12-,13-,15-/m1/s1. The number of aryl methyl sites for hydroxylation is 1. The van der Waals surface area contributed by atoms with Crippen molar-refractivity contribution in [1.29, 1.82) is 5.26 Å². The van der Waals surface area contributed by atoms with Crippen LogP contribution in [0.4, 0.5) is 5.00 Å². The number of rotatable bonds is 2. The Kier molecular flexibility index (Phi) is 4.15. The molecule has 3 atom stereocenters. The lowest BCUT2D eigenvalue weighted by Crippen LogP contribution is -2.27. The third-order valence-corrected chi connectivity index (χ3v) is 7.30. The highest BCUT2D eigenvalue weighted by Gasteiger charge is 2.43. The van der Waals surface area contributed by atoms with Crippen LogP contribution in [0.15, 0.2) is 0 Å². The molecule has 0 unspecified atom stereocenters. The molecule has 4 heteroatoms. The van der Waals surface area contributed by atoms with Crippen LogP contribution in [0.1, 0.15) is 67.4 Å². The van der Waals surface area contributed by atoms with Crippen LogP contribution in [-0.2, 0) is 17.6 Å². The van der Waals surface area contributed by atoms with Gasteiger partial charge in [0.25, 0.3) is 0 Å². The van der Waals surface area contributed by atoms with E-state index in [1.165, 1.54) is 49.0 Å². The Morgan fingerprint density at radius 1 is 1.13 bits per heavy atom. The van der Waals surface area contributed by atoms with Gasteiger partial charge in [-0.2, -0.15) is 5.26 Å². The first-order valence-electron chi connectivity index (χ1n) is 9.11. The molecule has 23 heavy (non-hydrogen) atoms. The Bertz CT molecular complexity index is 657. The minimum absolute atomic E-state index is 0.169. The lowest BCUT2D eigenvalue weighted by atomic mass is 9.88. The second-order valence-corrected chi connectivity index (χ2v) is 8.61. The Balaban J connectivity index is 1.55. The van der Waals surface area contributed by atoms with Gasteiger partial charge in [0.15, 0.2) is 0 Å². The highest BCUT2D eigenvalue weighted by Crippen LogP contribution is 2.49. The summed E-state index contributed by atoms with van der Waals surface area (Å²) in [7, 11) is 0. The maximum absolute atomic E-state index is 12.7. The van der Waals surface area contributed by atoms with Gasteiger partial charge in [-0.05, 0) is 62.3 Å². The van der Waals surface area contributed by atoms with Crippen molar-refractivity contribution in [3.63, 3.8) is 0 Å². The molecule has 1 heterocycles. The summed E-state index contributed by atoms with van der Waals surface area (Å²) in [5.74, 6) is 1.72. The number of nitrogens with zero attached hydrogens (tertiary/aromatic N) is 1. The molecule has 1 aromatic heterocycles. The van der Waals surface area contributed by atoms with Gasteiger partial charge in [-0.1, -0.05) is 19.3 Å². The zero-order valence-corrected chi connectivity index (χ0v) is 14.4. The average Bonchev–Trinajstić information content (AvgIpc) is 3.22. The number of hydrogen-bond acceptors (Lipinski definition) is 3. The molecule has 0 spiro atoms. The minimum atomic E-state index is 0.169. The number of anilines is 1. The summed E-state index contributed by atoms with van der Waals surface area (Å²) in [5.41, 5.74) is 1.98. The van der Waals surface area contributed by atoms with Crippen molar-refractivity contribution < 1.29 is 4.79 Å². The van der Waals surface area contributed by atoms with Crippen molar-refractivity contribution in [2.24, 2.45) is 17.8 Å². The monoisotopic (exact) mass is 328 g/mol. The molecule has 3 nitrogen and oxygen atoms in total. The van der Waals surface area contributed by atoms with Crippen LogP contribution < -0.4 is 5.32 Å². The van der Waals surface area contributed by atoms with Gasteiger partial charge >= 0.3 is 0 Å². The number of carbonyl (C=O) groups excluding carboxylic acids is 1. The molecule has 1 amide bonds. The fourth-order valence-corrected chi connectivity index (χ4v) is 6.14. The second kappa shape index (κ2) is 6.28. The summed E-state index contributed by atoms with van der Waals surface area (Å²) >= 11 is 1.66. The number of hydrogen-bond donors (Lipinski definition) is 1. The van der Waals surface area contributed by atoms with Crippen LogP contribution in [0.25, 0.3) is 0 Å². The molecule has 122 valence electrons. The normalized spacial score (nSPS) is 29.4. The van der Waals surface area contributed by atoms with E-state index in [2.05, 4.69) is 11.4 Å². The maximum atomic E-state index is 12.7. The summed E-state index contributed by atoms with van der Waals surface area (Å²) in [4.78, 5) is 14.0. The quantitative estimate of drug-likeness (QED) is 0.859. The van der Waals surface area contributed by atoms with Crippen molar-refractivity contribution in [2.45, 2.75) is 64.2 Å². The fourth-order valence-electron chi connectivity index (χ4n) is 4.90. The minimum Gasteiger partial charge on any atom is -0.316 e. The molecule has 0 aromatic carbocycles. The molecule has 3 aliphatic rings. The van der Waals surface area contributed by atoms with E-state index in [0.29, 0.717) is 5.92 Å². The van der Waals surface area contributed by atoms with Crippen molar-refractivity contribution in [2.75, 3.05) is 5.32 Å². The molecule has 0 saturated heterocycles. The number of nitrogens with one attached hydrogen (secondary N) is 1. The van der Waals surface area contributed by atoms with E-state index in [9.17, 15) is 10.1 Å². The van der Waals surface area contributed by atoms with Crippen LogP contribution in [0.2, 0.25) is 0 Å². The Labute approximate surface area is 142 Å². The van der Waals surface area contributed by atoms with Crippen molar-refractivity contribution >= 4 is 22.2 Å². The predicted octanol–water partition coefficient (Wildman–Crippen LogP) is 4.65. The number of amides is 1. The first-order valence-corrected chi connectivity index (χ1v) is 9.93. The third kappa shape index (κ3) is 2.80. The van der Waals surface area contributed by atoms with Crippen molar-refractivity contribution in [3.05, 3.63) is 16.0 Å². The van der Waals surface area contributed by atoms with E-state index in [4.69, 9.17) is 0 Å². The molecule has 2 fully saturated rings. The SMILES string of the molecule is N#Cc1c(NC(=O)[C@@H]2C[C@@H]3CC[C@@H]2C3)sc2c1CCCCCC2. The first-order chi connectivity index (χ1) is 11.3. The van der Waals surface area contributed by atoms with Gasteiger partial charge in [-0.15, -0.1) is 11.3 Å². The third-order valence-electron chi connectivity index (χ3n) is 6.09. The van der Waals surface area contributed by atoms with Crippen molar-refractivity contribution in [3.8, 4) is 6.07 Å². The van der Waals surface area contributed by atoms with Crippen LogP contribution in [0.3, 0.4) is 0 Å². The zero-order valence-electron chi connectivity index (χ0n) is 13.6. The Morgan fingerprint density at radius 3 is 2.65 bits per heavy atom. The van der Waals surface area contributed by atoms with Gasteiger partial charge in [-0.25, -0.2) is 0 Å². The number of thiophene rings is 1. The number of nitriles is 1.